The molecule has 0 radical (unpaired) electrons. The highest BCUT2D eigenvalue weighted by Crippen LogP contribution is 2.33. The Bertz CT molecular complexity index is 943. The highest BCUT2D eigenvalue weighted by molar-refractivity contribution is 6.31. The van der Waals surface area contributed by atoms with Crippen LogP contribution in [-0.4, -0.2) is 19.1 Å². The molecule has 0 aliphatic carbocycles. The monoisotopic (exact) mass is 394 g/mol. The number of pyridine rings is 1. The molecule has 0 saturated carbocycles. The molecule has 0 aliphatic heterocycles. The van der Waals surface area contributed by atoms with E-state index in [1.165, 1.54) is 0 Å². The van der Waals surface area contributed by atoms with Gasteiger partial charge in [-0.25, -0.2) is 4.98 Å². The first-order valence-electron chi connectivity index (χ1n) is 8.97. The number of hydrogen-bond acceptors (Lipinski definition) is 4. The van der Waals surface area contributed by atoms with Gasteiger partial charge in [-0.05, 0) is 24.1 Å². The van der Waals surface area contributed by atoms with Crippen LogP contribution in [0.4, 0.5) is 5.69 Å². The quantitative estimate of drug-likeness (QED) is 0.445. The molecule has 1 heterocycles. The van der Waals surface area contributed by atoms with E-state index >= 15 is 0 Å². The van der Waals surface area contributed by atoms with Crippen LogP contribution in [0.2, 0.25) is 5.02 Å². The van der Waals surface area contributed by atoms with Crippen molar-refractivity contribution in [2.24, 2.45) is 0 Å². The molecule has 0 saturated heterocycles. The van der Waals surface area contributed by atoms with Crippen molar-refractivity contribution < 1.29 is 9.47 Å². The summed E-state index contributed by atoms with van der Waals surface area (Å²) in [6.07, 6.45) is 4.22. The molecule has 5 heteroatoms. The number of nitrogens with zero attached hydrogens (tertiary/aromatic N) is 2. The normalized spacial score (nSPS) is 10.4. The Kier molecular flexibility index (Phi) is 6.56. The third-order valence-corrected chi connectivity index (χ3v) is 4.33. The predicted octanol–water partition coefficient (Wildman–Crippen LogP) is 5.90. The number of benzene rings is 2. The molecule has 1 aromatic heterocycles. The van der Waals surface area contributed by atoms with Crippen LogP contribution in [0, 0.1) is 0 Å². The molecular weight excluding hydrogens is 372 g/mol. The van der Waals surface area contributed by atoms with Crippen LogP contribution < -0.4 is 14.4 Å². The van der Waals surface area contributed by atoms with E-state index in [0.29, 0.717) is 35.4 Å². The minimum atomic E-state index is 0.441. The molecule has 0 unspecified atom stereocenters. The van der Waals surface area contributed by atoms with Gasteiger partial charge in [-0.3, -0.25) is 0 Å². The van der Waals surface area contributed by atoms with Gasteiger partial charge >= 0.3 is 0 Å². The first-order valence-corrected chi connectivity index (χ1v) is 9.35. The van der Waals surface area contributed by atoms with Gasteiger partial charge in [0, 0.05) is 48.7 Å². The molecule has 0 spiro atoms. The highest BCUT2D eigenvalue weighted by Gasteiger charge is 2.10. The lowest BCUT2D eigenvalue weighted by Gasteiger charge is -2.16. The van der Waals surface area contributed by atoms with E-state index in [1.54, 1.807) is 18.3 Å². The van der Waals surface area contributed by atoms with Gasteiger partial charge in [-0.1, -0.05) is 48.0 Å². The van der Waals surface area contributed by atoms with Crippen molar-refractivity contribution in [3.05, 3.63) is 89.6 Å². The summed E-state index contributed by atoms with van der Waals surface area (Å²) >= 11 is 6.25. The first kappa shape index (κ1) is 19.8. The molecule has 2 aromatic carbocycles. The Labute approximate surface area is 171 Å². The summed E-state index contributed by atoms with van der Waals surface area (Å²) in [5.74, 6) is 1.83. The summed E-state index contributed by atoms with van der Waals surface area (Å²) in [5, 5.41) is 0.612. The number of hydrogen-bond donors (Lipinski definition) is 0. The number of halogens is 1. The molecule has 0 atom stereocenters. The Balaban J connectivity index is 1.84. The highest BCUT2D eigenvalue weighted by atomic mass is 35.5. The maximum Gasteiger partial charge on any atom is 0.217 e. The van der Waals surface area contributed by atoms with E-state index in [1.807, 2.05) is 67.5 Å². The maximum absolute atomic E-state index is 6.25. The Morgan fingerprint density at radius 2 is 1.89 bits per heavy atom. The van der Waals surface area contributed by atoms with E-state index in [-0.39, 0.29) is 0 Å². The van der Waals surface area contributed by atoms with Gasteiger partial charge in [0.1, 0.15) is 18.1 Å². The number of aromatic nitrogens is 1. The van der Waals surface area contributed by atoms with Crippen molar-refractivity contribution in [2.45, 2.75) is 13.0 Å². The second-order valence-corrected chi connectivity index (χ2v) is 6.98. The molecule has 3 aromatic rings. The Hall–Kier alpha value is -2.98. The molecule has 0 amide bonds. The Morgan fingerprint density at radius 3 is 2.61 bits per heavy atom. The van der Waals surface area contributed by atoms with E-state index in [9.17, 15) is 0 Å². The van der Waals surface area contributed by atoms with Crippen molar-refractivity contribution in [1.82, 2.24) is 4.98 Å². The predicted molar refractivity (Wildman–Crippen MR) is 115 cm³/mol. The SMILES string of the molecule is C=CCc1cnc(OCc2ccccc2)cc1Oc1cc(Cl)cc(N(C)C)c1. The van der Waals surface area contributed by atoms with Gasteiger partial charge in [0.05, 0.1) is 0 Å². The maximum atomic E-state index is 6.25. The van der Waals surface area contributed by atoms with Gasteiger partial charge in [-0.15, -0.1) is 6.58 Å². The van der Waals surface area contributed by atoms with E-state index in [0.717, 1.165) is 16.8 Å². The van der Waals surface area contributed by atoms with Crippen LogP contribution in [-0.2, 0) is 13.0 Å². The second kappa shape index (κ2) is 9.29. The molecule has 3 rings (SSSR count). The lowest BCUT2D eigenvalue weighted by Crippen LogP contribution is -2.08. The summed E-state index contributed by atoms with van der Waals surface area (Å²) in [7, 11) is 3.92. The van der Waals surface area contributed by atoms with E-state index < -0.39 is 0 Å². The molecule has 0 aliphatic rings. The zero-order valence-corrected chi connectivity index (χ0v) is 16.8. The minimum absolute atomic E-state index is 0.441. The fourth-order valence-corrected chi connectivity index (χ4v) is 2.87. The Morgan fingerprint density at radius 1 is 1.11 bits per heavy atom. The number of anilines is 1. The van der Waals surface area contributed by atoms with Crippen LogP contribution >= 0.6 is 11.6 Å². The summed E-state index contributed by atoms with van der Waals surface area (Å²) in [4.78, 5) is 6.37. The molecule has 0 N–H and O–H groups in total. The van der Waals surface area contributed by atoms with Crippen molar-refractivity contribution in [1.29, 1.82) is 0 Å². The zero-order chi connectivity index (χ0) is 19.9. The smallest absolute Gasteiger partial charge is 0.217 e. The lowest BCUT2D eigenvalue weighted by atomic mass is 10.2. The average Bonchev–Trinajstić information content (AvgIpc) is 2.68. The molecule has 0 fully saturated rings. The van der Waals surface area contributed by atoms with E-state index in [4.69, 9.17) is 21.1 Å². The van der Waals surface area contributed by atoms with Gasteiger partial charge in [0.25, 0.3) is 0 Å². The topological polar surface area (TPSA) is 34.6 Å². The summed E-state index contributed by atoms with van der Waals surface area (Å²) < 4.78 is 12.0. The zero-order valence-electron chi connectivity index (χ0n) is 16.1. The minimum Gasteiger partial charge on any atom is -0.473 e. The van der Waals surface area contributed by atoms with Gasteiger partial charge in [0.15, 0.2) is 0 Å². The van der Waals surface area contributed by atoms with Gasteiger partial charge in [0.2, 0.25) is 5.88 Å². The fraction of sp³-hybridized carbons (Fsp3) is 0.174. The summed E-state index contributed by atoms with van der Waals surface area (Å²) in [6.45, 7) is 4.25. The standard InChI is InChI=1S/C23H23ClN2O2/c1-4-8-18-15-25-23(27-16-17-9-6-5-7-10-17)14-22(18)28-21-12-19(24)11-20(13-21)26(2)3/h4-7,9-15H,1,8,16H2,2-3H3. The van der Waals surface area contributed by atoms with Crippen molar-refractivity contribution in [2.75, 3.05) is 19.0 Å². The lowest BCUT2D eigenvalue weighted by molar-refractivity contribution is 0.292. The number of allylic oxidation sites excluding steroid dienone is 1. The average molecular weight is 395 g/mol. The van der Waals surface area contributed by atoms with Crippen molar-refractivity contribution >= 4 is 17.3 Å². The number of ether oxygens (including phenoxy) is 2. The van der Waals surface area contributed by atoms with Crippen LogP contribution in [0.15, 0.2) is 73.4 Å². The molecule has 4 nitrogen and oxygen atoms in total. The third kappa shape index (κ3) is 5.27. The summed E-state index contributed by atoms with van der Waals surface area (Å²) in [6, 6.07) is 17.4. The first-order chi connectivity index (χ1) is 13.5. The van der Waals surface area contributed by atoms with Crippen LogP contribution in [0.3, 0.4) is 0 Å². The summed E-state index contributed by atoms with van der Waals surface area (Å²) in [5.41, 5.74) is 2.96. The van der Waals surface area contributed by atoms with Gasteiger partial charge < -0.3 is 14.4 Å². The second-order valence-electron chi connectivity index (χ2n) is 6.54. The van der Waals surface area contributed by atoms with Crippen LogP contribution in [0.25, 0.3) is 0 Å². The van der Waals surface area contributed by atoms with Crippen molar-refractivity contribution in [3.63, 3.8) is 0 Å². The largest absolute Gasteiger partial charge is 0.473 e. The van der Waals surface area contributed by atoms with E-state index in [2.05, 4.69) is 11.6 Å². The van der Waals surface area contributed by atoms with Gasteiger partial charge in [-0.2, -0.15) is 0 Å². The molecule has 28 heavy (non-hydrogen) atoms. The molecule has 144 valence electrons. The van der Waals surface area contributed by atoms with Crippen LogP contribution in [0.5, 0.6) is 17.4 Å². The third-order valence-electron chi connectivity index (χ3n) is 4.11. The molecular formula is C23H23ClN2O2. The van der Waals surface area contributed by atoms with Crippen LogP contribution in [0.1, 0.15) is 11.1 Å². The fourth-order valence-electron chi connectivity index (χ4n) is 2.65. The van der Waals surface area contributed by atoms with Crippen molar-refractivity contribution in [3.8, 4) is 17.4 Å². The molecule has 0 bridgehead atoms. The number of rotatable bonds is 8.